The smallest absolute Gasteiger partial charge is 0.340 e. The summed E-state index contributed by atoms with van der Waals surface area (Å²) in [5, 5.41) is 0.908. The molecule has 0 spiro atoms. The Morgan fingerprint density at radius 1 is 1.07 bits per heavy atom. The molecule has 1 aromatic heterocycles. The Bertz CT molecular complexity index is 906. The summed E-state index contributed by atoms with van der Waals surface area (Å²) < 4.78 is 5.92. The van der Waals surface area contributed by atoms with Crippen molar-refractivity contribution in [2.45, 2.75) is 12.6 Å². The lowest BCUT2D eigenvalue weighted by Crippen LogP contribution is -2.36. The molecule has 0 radical (unpaired) electrons. The van der Waals surface area contributed by atoms with Gasteiger partial charge in [-0.1, -0.05) is 48.5 Å². The minimum atomic E-state index is -0.257. The highest BCUT2D eigenvalue weighted by Crippen LogP contribution is 2.20. The normalized spacial score (nSPS) is 19.1. The molecule has 4 rings (SSSR count). The Morgan fingerprint density at radius 2 is 1.85 bits per heavy atom. The Hall–Kier alpha value is -2.63. The zero-order valence-electron chi connectivity index (χ0n) is 15.6. The van der Waals surface area contributed by atoms with Gasteiger partial charge in [-0.05, 0) is 18.7 Å². The van der Waals surface area contributed by atoms with Gasteiger partial charge in [-0.25, -0.2) is 4.79 Å². The number of H-pyrrole nitrogens is 1. The van der Waals surface area contributed by atoms with Gasteiger partial charge in [0.15, 0.2) is 0 Å². The lowest BCUT2D eigenvalue weighted by atomic mass is 10.2. The monoisotopic (exact) mass is 363 g/mol. The van der Waals surface area contributed by atoms with E-state index in [2.05, 4.69) is 46.1 Å². The molecule has 1 atom stereocenters. The molecule has 0 saturated carbocycles. The van der Waals surface area contributed by atoms with Crippen LogP contribution >= 0.6 is 0 Å². The standard InChI is InChI=1S/C22H25N3O2/c1-24-11-12-25(14-17-7-3-2-4-8-17)16-18(15-24)27-22(26)20-13-23-21-10-6-5-9-19(20)21/h2-10,13,18,23H,11-12,14-16H2,1H3. The molecule has 1 N–H and O–H groups in total. The van der Waals surface area contributed by atoms with Crippen LogP contribution in [0.15, 0.2) is 60.8 Å². The van der Waals surface area contributed by atoms with E-state index in [-0.39, 0.29) is 12.1 Å². The van der Waals surface area contributed by atoms with Crippen LogP contribution in [-0.4, -0.2) is 60.1 Å². The third-order valence-corrected chi connectivity index (χ3v) is 5.11. The number of likely N-dealkylation sites (N-methyl/N-ethyl adjacent to an activating group) is 1. The maximum Gasteiger partial charge on any atom is 0.340 e. The number of hydrogen-bond acceptors (Lipinski definition) is 4. The molecule has 0 amide bonds. The molecule has 3 aromatic rings. The van der Waals surface area contributed by atoms with Crippen LogP contribution in [0.2, 0.25) is 0 Å². The van der Waals surface area contributed by atoms with Crippen LogP contribution in [0.1, 0.15) is 15.9 Å². The number of carbonyl (C=O) groups excluding carboxylic acids is 1. The second-order valence-electron chi connectivity index (χ2n) is 7.26. The van der Waals surface area contributed by atoms with Crippen LogP contribution in [0.4, 0.5) is 0 Å². The van der Waals surface area contributed by atoms with Crippen molar-refractivity contribution in [1.29, 1.82) is 0 Å². The largest absolute Gasteiger partial charge is 0.456 e. The Labute approximate surface area is 159 Å². The topological polar surface area (TPSA) is 48.6 Å². The average Bonchev–Trinajstić information content (AvgIpc) is 3.03. The fourth-order valence-electron chi connectivity index (χ4n) is 3.70. The highest BCUT2D eigenvalue weighted by Gasteiger charge is 2.25. The molecule has 1 aliphatic heterocycles. The van der Waals surface area contributed by atoms with Crippen molar-refractivity contribution in [3.63, 3.8) is 0 Å². The van der Waals surface area contributed by atoms with Gasteiger partial charge in [0, 0.05) is 49.8 Å². The molecule has 0 aliphatic carbocycles. The molecule has 2 aromatic carbocycles. The number of fused-ring (bicyclic) bond motifs is 1. The molecule has 2 heterocycles. The lowest BCUT2D eigenvalue weighted by molar-refractivity contribution is 0.0195. The van der Waals surface area contributed by atoms with E-state index in [1.807, 2.05) is 30.3 Å². The first-order valence-electron chi connectivity index (χ1n) is 9.41. The summed E-state index contributed by atoms with van der Waals surface area (Å²) in [6, 6.07) is 18.2. The summed E-state index contributed by atoms with van der Waals surface area (Å²) in [4.78, 5) is 20.5. The number of carbonyl (C=O) groups is 1. The molecule has 1 aliphatic rings. The number of ether oxygens (including phenoxy) is 1. The third-order valence-electron chi connectivity index (χ3n) is 5.11. The number of aromatic amines is 1. The first-order valence-corrected chi connectivity index (χ1v) is 9.41. The van der Waals surface area contributed by atoms with Crippen LogP contribution in [0.3, 0.4) is 0 Å². The molecule has 1 unspecified atom stereocenters. The quantitative estimate of drug-likeness (QED) is 0.724. The van der Waals surface area contributed by atoms with Crippen molar-refractivity contribution in [1.82, 2.24) is 14.8 Å². The van der Waals surface area contributed by atoms with E-state index < -0.39 is 0 Å². The van der Waals surface area contributed by atoms with E-state index >= 15 is 0 Å². The SMILES string of the molecule is CN1CCN(Cc2ccccc2)CC(OC(=O)c2c[nH]c3ccccc23)C1. The van der Waals surface area contributed by atoms with Crippen molar-refractivity contribution in [3.05, 3.63) is 71.9 Å². The number of benzene rings is 2. The Morgan fingerprint density at radius 3 is 2.70 bits per heavy atom. The molecule has 0 bridgehead atoms. The Balaban J connectivity index is 1.47. The van der Waals surface area contributed by atoms with E-state index in [1.54, 1.807) is 6.20 Å². The predicted octanol–water partition coefficient (Wildman–Crippen LogP) is 3.14. The fraction of sp³-hybridized carbons (Fsp3) is 0.318. The maximum atomic E-state index is 12.8. The van der Waals surface area contributed by atoms with Crippen molar-refractivity contribution in [3.8, 4) is 0 Å². The van der Waals surface area contributed by atoms with Gasteiger partial charge >= 0.3 is 5.97 Å². The number of hydrogen-bond donors (Lipinski definition) is 1. The molecular weight excluding hydrogens is 338 g/mol. The van der Waals surface area contributed by atoms with Gasteiger partial charge in [-0.15, -0.1) is 0 Å². The number of nitrogens with zero attached hydrogens (tertiary/aromatic N) is 2. The zero-order valence-corrected chi connectivity index (χ0v) is 15.6. The van der Waals surface area contributed by atoms with Gasteiger partial charge in [0.25, 0.3) is 0 Å². The average molecular weight is 363 g/mol. The van der Waals surface area contributed by atoms with Crippen LogP contribution in [0, 0.1) is 0 Å². The molecule has 1 fully saturated rings. The summed E-state index contributed by atoms with van der Waals surface area (Å²) in [5.41, 5.74) is 2.84. The number of rotatable bonds is 4. The summed E-state index contributed by atoms with van der Waals surface area (Å²) in [5.74, 6) is -0.257. The van der Waals surface area contributed by atoms with Crippen molar-refractivity contribution in [2.24, 2.45) is 0 Å². The molecule has 1 saturated heterocycles. The van der Waals surface area contributed by atoms with Gasteiger partial charge in [0.2, 0.25) is 0 Å². The molecule has 27 heavy (non-hydrogen) atoms. The van der Waals surface area contributed by atoms with Crippen LogP contribution < -0.4 is 0 Å². The van der Waals surface area contributed by atoms with E-state index in [4.69, 9.17) is 4.74 Å². The van der Waals surface area contributed by atoms with Crippen LogP contribution in [0.25, 0.3) is 10.9 Å². The van der Waals surface area contributed by atoms with Gasteiger partial charge < -0.3 is 14.6 Å². The molecule has 5 nitrogen and oxygen atoms in total. The van der Waals surface area contributed by atoms with E-state index in [0.29, 0.717) is 5.56 Å². The number of nitrogens with one attached hydrogen (secondary N) is 1. The highest BCUT2D eigenvalue weighted by molar-refractivity contribution is 6.04. The highest BCUT2D eigenvalue weighted by atomic mass is 16.5. The summed E-state index contributed by atoms with van der Waals surface area (Å²) in [7, 11) is 2.08. The minimum Gasteiger partial charge on any atom is -0.456 e. The summed E-state index contributed by atoms with van der Waals surface area (Å²) in [6.07, 6.45) is 1.59. The van der Waals surface area contributed by atoms with Crippen molar-refractivity contribution < 1.29 is 9.53 Å². The summed E-state index contributed by atoms with van der Waals surface area (Å²) in [6.45, 7) is 4.29. The van der Waals surface area contributed by atoms with Crippen molar-refractivity contribution >= 4 is 16.9 Å². The van der Waals surface area contributed by atoms with Gasteiger partial charge in [-0.2, -0.15) is 0 Å². The Kier molecular flexibility index (Phi) is 5.23. The number of para-hydroxylation sites is 1. The lowest BCUT2D eigenvalue weighted by Gasteiger charge is -2.24. The van der Waals surface area contributed by atoms with Crippen molar-refractivity contribution in [2.75, 3.05) is 33.2 Å². The first kappa shape index (κ1) is 17.8. The minimum absolute atomic E-state index is 0.151. The van der Waals surface area contributed by atoms with Gasteiger partial charge in [0.1, 0.15) is 6.10 Å². The van der Waals surface area contributed by atoms with E-state index in [0.717, 1.165) is 43.6 Å². The molecular formula is C22H25N3O2. The summed E-state index contributed by atoms with van der Waals surface area (Å²) >= 11 is 0. The van der Waals surface area contributed by atoms with E-state index in [9.17, 15) is 4.79 Å². The predicted molar refractivity (Wildman–Crippen MR) is 107 cm³/mol. The van der Waals surface area contributed by atoms with Crippen LogP contribution in [0.5, 0.6) is 0 Å². The first-order chi connectivity index (χ1) is 13.2. The molecule has 5 heteroatoms. The fourth-order valence-corrected chi connectivity index (χ4v) is 3.70. The van der Waals surface area contributed by atoms with Gasteiger partial charge in [-0.3, -0.25) is 4.90 Å². The third kappa shape index (κ3) is 4.21. The van der Waals surface area contributed by atoms with E-state index in [1.165, 1.54) is 5.56 Å². The second kappa shape index (κ2) is 7.94. The number of esters is 1. The second-order valence-corrected chi connectivity index (χ2v) is 7.26. The molecule has 140 valence electrons. The zero-order chi connectivity index (χ0) is 18.6. The maximum absolute atomic E-state index is 12.8. The van der Waals surface area contributed by atoms with Crippen LogP contribution in [-0.2, 0) is 11.3 Å². The van der Waals surface area contributed by atoms with Gasteiger partial charge in [0.05, 0.1) is 5.56 Å². The number of aromatic nitrogens is 1.